The summed E-state index contributed by atoms with van der Waals surface area (Å²) in [6.45, 7) is 5.62. The number of carboxylic acid groups (broad SMARTS) is 1. The highest BCUT2D eigenvalue weighted by molar-refractivity contribution is 5.73. The standard InChI is InChI=1S/C10H21NO3/c1-10(2,9(12)13)8-11(3)6-5-7-14-4/h5-8H2,1-4H3,(H,12,13). The number of aliphatic carboxylic acids is 1. The maximum atomic E-state index is 10.8. The highest BCUT2D eigenvalue weighted by Gasteiger charge is 2.28. The molecule has 4 heteroatoms. The van der Waals surface area contributed by atoms with Gasteiger partial charge in [-0.15, -0.1) is 0 Å². The number of ether oxygens (including phenoxy) is 1. The zero-order valence-electron chi connectivity index (χ0n) is 9.54. The van der Waals surface area contributed by atoms with Crippen LogP contribution >= 0.6 is 0 Å². The Labute approximate surface area is 85.9 Å². The van der Waals surface area contributed by atoms with E-state index in [1.165, 1.54) is 0 Å². The van der Waals surface area contributed by atoms with Crippen LogP contribution in [-0.4, -0.2) is 49.8 Å². The first kappa shape index (κ1) is 13.4. The van der Waals surface area contributed by atoms with Gasteiger partial charge in [-0.25, -0.2) is 0 Å². The Morgan fingerprint density at radius 3 is 2.50 bits per heavy atom. The number of carboxylic acids is 1. The van der Waals surface area contributed by atoms with E-state index in [4.69, 9.17) is 9.84 Å². The van der Waals surface area contributed by atoms with Crippen molar-refractivity contribution in [2.45, 2.75) is 20.3 Å². The Balaban J connectivity index is 3.81. The minimum Gasteiger partial charge on any atom is -0.481 e. The summed E-state index contributed by atoms with van der Waals surface area (Å²) in [7, 11) is 3.60. The van der Waals surface area contributed by atoms with Crippen LogP contribution in [0, 0.1) is 5.41 Å². The zero-order valence-corrected chi connectivity index (χ0v) is 9.54. The van der Waals surface area contributed by atoms with Crippen molar-refractivity contribution in [1.82, 2.24) is 4.90 Å². The molecule has 1 N–H and O–H groups in total. The minimum absolute atomic E-state index is 0.562. The summed E-state index contributed by atoms with van der Waals surface area (Å²) in [6, 6.07) is 0. The third kappa shape index (κ3) is 5.19. The van der Waals surface area contributed by atoms with E-state index in [-0.39, 0.29) is 0 Å². The average Bonchev–Trinajstić information content (AvgIpc) is 2.03. The van der Waals surface area contributed by atoms with E-state index in [9.17, 15) is 4.79 Å². The van der Waals surface area contributed by atoms with Gasteiger partial charge >= 0.3 is 5.97 Å². The number of carbonyl (C=O) groups is 1. The Bertz CT molecular complexity index is 180. The molecule has 0 atom stereocenters. The molecule has 4 nitrogen and oxygen atoms in total. The van der Waals surface area contributed by atoms with Crippen molar-refractivity contribution in [3.8, 4) is 0 Å². The predicted octanol–water partition coefficient (Wildman–Crippen LogP) is 1.07. The number of nitrogens with zero attached hydrogens (tertiary/aromatic N) is 1. The van der Waals surface area contributed by atoms with Crippen molar-refractivity contribution in [2.75, 3.05) is 33.9 Å². The second-order valence-electron chi connectivity index (χ2n) is 4.27. The van der Waals surface area contributed by atoms with Crippen molar-refractivity contribution in [2.24, 2.45) is 5.41 Å². The molecule has 0 unspecified atom stereocenters. The summed E-state index contributed by atoms with van der Waals surface area (Å²) in [6.07, 6.45) is 0.933. The van der Waals surface area contributed by atoms with Crippen LogP contribution in [0.4, 0.5) is 0 Å². The Morgan fingerprint density at radius 2 is 2.07 bits per heavy atom. The molecule has 0 amide bonds. The summed E-state index contributed by atoms with van der Waals surface area (Å²) in [5.74, 6) is -0.754. The molecule has 84 valence electrons. The molecule has 0 spiro atoms. The van der Waals surface area contributed by atoms with Gasteiger partial charge in [0.05, 0.1) is 5.41 Å². The van der Waals surface area contributed by atoms with Crippen LogP contribution in [0.5, 0.6) is 0 Å². The van der Waals surface area contributed by atoms with Crippen molar-refractivity contribution in [3.05, 3.63) is 0 Å². The first-order chi connectivity index (χ1) is 6.40. The molecule has 0 aromatic rings. The molecular weight excluding hydrogens is 182 g/mol. The average molecular weight is 203 g/mol. The lowest BCUT2D eigenvalue weighted by Crippen LogP contribution is -2.37. The Hall–Kier alpha value is -0.610. The number of methoxy groups -OCH3 is 1. The van der Waals surface area contributed by atoms with Gasteiger partial charge in [0.25, 0.3) is 0 Å². The molecule has 0 fully saturated rings. The maximum Gasteiger partial charge on any atom is 0.310 e. The third-order valence-corrected chi connectivity index (χ3v) is 2.13. The first-order valence-electron chi connectivity index (χ1n) is 4.81. The molecule has 0 aliphatic heterocycles. The molecule has 0 bridgehead atoms. The highest BCUT2D eigenvalue weighted by atomic mass is 16.5. The molecule has 0 aromatic carbocycles. The predicted molar refractivity (Wildman–Crippen MR) is 55.4 cm³/mol. The van der Waals surface area contributed by atoms with Gasteiger partial charge in [0.15, 0.2) is 0 Å². The SMILES string of the molecule is COCCCN(C)CC(C)(C)C(=O)O. The molecule has 0 aromatic heterocycles. The number of hydrogen-bond acceptors (Lipinski definition) is 3. The maximum absolute atomic E-state index is 10.8. The van der Waals surface area contributed by atoms with Crippen molar-refractivity contribution >= 4 is 5.97 Å². The number of rotatable bonds is 7. The van der Waals surface area contributed by atoms with E-state index < -0.39 is 11.4 Å². The van der Waals surface area contributed by atoms with Crippen LogP contribution in [0.1, 0.15) is 20.3 Å². The van der Waals surface area contributed by atoms with E-state index in [2.05, 4.69) is 0 Å². The minimum atomic E-state index is -0.754. The van der Waals surface area contributed by atoms with E-state index in [0.717, 1.165) is 19.6 Å². The Kier molecular flexibility index (Phi) is 5.72. The van der Waals surface area contributed by atoms with Crippen LogP contribution in [0.2, 0.25) is 0 Å². The summed E-state index contributed by atoms with van der Waals surface area (Å²) in [5.41, 5.74) is -0.679. The van der Waals surface area contributed by atoms with Crippen molar-refractivity contribution in [1.29, 1.82) is 0 Å². The molecule has 0 rings (SSSR count). The second-order valence-corrected chi connectivity index (χ2v) is 4.27. The first-order valence-corrected chi connectivity index (χ1v) is 4.81. The van der Waals surface area contributed by atoms with Gasteiger partial charge in [-0.2, -0.15) is 0 Å². The van der Waals surface area contributed by atoms with E-state index in [1.807, 2.05) is 11.9 Å². The molecule has 0 radical (unpaired) electrons. The normalized spacial score (nSPS) is 12.1. The van der Waals surface area contributed by atoms with Crippen LogP contribution < -0.4 is 0 Å². The van der Waals surface area contributed by atoms with Gasteiger partial charge in [0, 0.05) is 26.8 Å². The van der Waals surface area contributed by atoms with E-state index in [1.54, 1.807) is 21.0 Å². The van der Waals surface area contributed by atoms with E-state index in [0.29, 0.717) is 6.54 Å². The van der Waals surface area contributed by atoms with Gasteiger partial charge < -0.3 is 14.7 Å². The lowest BCUT2D eigenvalue weighted by molar-refractivity contribution is -0.147. The topological polar surface area (TPSA) is 49.8 Å². The van der Waals surface area contributed by atoms with Gasteiger partial charge in [0.1, 0.15) is 0 Å². The van der Waals surface area contributed by atoms with Gasteiger partial charge in [-0.1, -0.05) is 0 Å². The lowest BCUT2D eigenvalue weighted by Gasteiger charge is -2.26. The third-order valence-electron chi connectivity index (χ3n) is 2.13. The summed E-state index contributed by atoms with van der Waals surface area (Å²) < 4.78 is 4.93. The van der Waals surface area contributed by atoms with Crippen molar-refractivity contribution < 1.29 is 14.6 Å². The molecule has 0 saturated carbocycles. The summed E-state index contributed by atoms with van der Waals surface area (Å²) >= 11 is 0. The molecule has 0 aliphatic rings. The molecular formula is C10H21NO3. The molecule has 0 saturated heterocycles. The fourth-order valence-electron chi connectivity index (χ4n) is 1.30. The van der Waals surface area contributed by atoms with Gasteiger partial charge in [-0.3, -0.25) is 4.79 Å². The fourth-order valence-corrected chi connectivity index (χ4v) is 1.30. The van der Waals surface area contributed by atoms with Gasteiger partial charge in [0.2, 0.25) is 0 Å². The molecule has 0 aliphatic carbocycles. The van der Waals surface area contributed by atoms with Crippen LogP contribution in [0.25, 0.3) is 0 Å². The van der Waals surface area contributed by atoms with Crippen LogP contribution in [0.3, 0.4) is 0 Å². The van der Waals surface area contributed by atoms with Crippen LogP contribution in [0.15, 0.2) is 0 Å². The molecule has 14 heavy (non-hydrogen) atoms. The van der Waals surface area contributed by atoms with E-state index >= 15 is 0 Å². The summed E-state index contributed by atoms with van der Waals surface area (Å²) in [5, 5.41) is 8.91. The smallest absolute Gasteiger partial charge is 0.310 e. The largest absolute Gasteiger partial charge is 0.481 e. The zero-order chi connectivity index (χ0) is 11.2. The molecule has 0 heterocycles. The fraction of sp³-hybridized carbons (Fsp3) is 0.900. The quantitative estimate of drug-likeness (QED) is 0.629. The highest BCUT2D eigenvalue weighted by Crippen LogP contribution is 2.16. The number of hydrogen-bond donors (Lipinski definition) is 1. The van der Waals surface area contributed by atoms with Crippen LogP contribution in [-0.2, 0) is 9.53 Å². The van der Waals surface area contributed by atoms with Gasteiger partial charge in [-0.05, 0) is 27.3 Å². The van der Waals surface area contributed by atoms with Crippen molar-refractivity contribution in [3.63, 3.8) is 0 Å². The Morgan fingerprint density at radius 1 is 1.50 bits per heavy atom. The monoisotopic (exact) mass is 203 g/mol. The summed E-state index contributed by atoms with van der Waals surface area (Å²) in [4.78, 5) is 12.9. The second kappa shape index (κ2) is 5.98. The lowest BCUT2D eigenvalue weighted by atomic mass is 9.93.